The molecule has 0 unspecified atom stereocenters. The predicted molar refractivity (Wildman–Crippen MR) is 65.0 cm³/mol. The lowest BCUT2D eigenvalue weighted by Crippen LogP contribution is -2.21. The zero-order valence-electron chi connectivity index (χ0n) is 9.88. The van der Waals surface area contributed by atoms with Gasteiger partial charge in [0.15, 0.2) is 0 Å². The van der Waals surface area contributed by atoms with Crippen LogP contribution in [0.2, 0.25) is 5.02 Å². The van der Waals surface area contributed by atoms with E-state index in [1.807, 2.05) is 18.2 Å². The Kier molecular flexibility index (Phi) is 5.62. The number of benzene rings is 1. The van der Waals surface area contributed by atoms with Crippen molar-refractivity contribution in [3.05, 3.63) is 34.9 Å². The van der Waals surface area contributed by atoms with Crippen LogP contribution in [0.15, 0.2) is 24.3 Å². The zero-order valence-corrected chi connectivity index (χ0v) is 10.6. The highest BCUT2D eigenvalue weighted by atomic mass is 35.5. The van der Waals surface area contributed by atoms with Crippen molar-refractivity contribution in [2.75, 3.05) is 0 Å². The summed E-state index contributed by atoms with van der Waals surface area (Å²) in [7, 11) is 0. The van der Waals surface area contributed by atoms with Gasteiger partial charge in [-0.3, -0.25) is 0 Å². The molecule has 7 heteroatoms. The smallest absolute Gasteiger partial charge is 0.475 e. The van der Waals surface area contributed by atoms with E-state index in [4.69, 9.17) is 21.5 Å². The van der Waals surface area contributed by atoms with Gasteiger partial charge in [-0.1, -0.05) is 29.8 Å². The number of hydrogen-bond donors (Lipinski definition) is 2. The minimum absolute atomic E-state index is 0.751. The van der Waals surface area contributed by atoms with E-state index < -0.39 is 12.1 Å². The van der Waals surface area contributed by atoms with E-state index >= 15 is 0 Å². The van der Waals surface area contributed by atoms with E-state index in [2.05, 4.69) is 11.4 Å². The Morgan fingerprint density at radius 2 is 1.89 bits per heavy atom. The van der Waals surface area contributed by atoms with Crippen LogP contribution in [0.25, 0.3) is 0 Å². The van der Waals surface area contributed by atoms with Crippen molar-refractivity contribution >= 4 is 17.6 Å². The Morgan fingerprint density at radius 1 is 1.37 bits per heavy atom. The molecule has 1 aliphatic carbocycles. The summed E-state index contributed by atoms with van der Waals surface area (Å²) in [6, 6.07) is 8.74. The third-order valence-electron chi connectivity index (χ3n) is 2.36. The summed E-state index contributed by atoms with van der Waals surface area (Å²) < 4.78 is 31.7. The lowest BCUT2D eigenvalue weighted by molar-refractivity contribution is -0.192. The standard InChI is InChI=1S/C10H12ClN.C2HF3O2/c11-10-4-2-1-3-8(10)7-12-9-5-6-9;3-2(4,5)1(6)7/h1-4,9,12H,5-7H2;(H,6,7). The number of carbonyl (C=O) groups is 1. The predicted octanol–water partition coefficient (Wildman–Crippen LogP) is 3.23. The van der Waals surface area contributed by atoms with E-state index in [9.17, 15) is 13.2 Å². The lowest BCUT2D eigenvalue weighted by Gasteiger charge is -2.04. The van der Waals surface area contributed by atoms with Gasteiger partial charge in [0.05, 0.1) is 0 Å². The first-order valence-electron chi connectivity index (χ1n) is 5.57. The fourth-order valence-corrected chi connectivity index (χ4v) is 1.39. The molecule has 1 aromatic rings. The Balaban J connectivity index is 0.000000224. The number of carboxylic acid groups (broad SMARTS) is 1. The fourth-order valence-electron chi connectivity index (χ4n) is 1.18. The molecule has 0 aliphatic heterocycles. The molecule has 0 aromatic heterocycles. The Hall–Kier alpha value is -1.27. The number of hydrogen-bond acceptors (Lipinski definition) is 2. The number of rotatable bonds is 3. The van der Waals surface area contributed by atoms with E-state index in [1.165, 1.54) is 18.4 Å². The van der Waals surface area contributed by atoms with Gasteiger partial charge >= 0.3 is 12.1 Å². The first-order valence-corrected chi connectivity index (χ1v) is 5.95. The van der Waals surface area contributed by atoms with E-state index in [1.54, 1.807) is 0 Å². The number of aliphatic carboxylic acids is 1. The van der Waals surface area contributed by atoms with Crippen molar-refractivity contribution in [2.45, 2.75) is 31.6 Å². The molecule has 1 saturated carbocycles. The van der Waals surface area contributed by atoms with E-state index in [0.717, 1.165) is 17.6 Å². The molecule has 0 radical (unpaired) electrons. The Labute approximate surface area is 113 Å². The van der Waals surface area contributed by atoms with Crippen LogP contribution in [0.1, 0.15) is 18.4 Å². The first-order chi connectivity index (χ1) is 8.80. The second-order valence-electron chi connectivity index (χ2n) is 4.05. The van der Waals surface area contributed by atoms with Gasteiger partial charge in [0.2, 0.25) is 0 Å². The monoisotopic (exact) mass is 295 g/mol. The van der Waals surface area contributed by atoms with Crippen molar-refractivity contribution < 1.29 is 23.1 Å². The van der Waals surface area contributed by atoms with Gasteiger partial charge < -0.3 is 10.4 Å². The second-order valence-corrected chi connectivity index (χ2v) is 4.46. The van der Waals surface area contributed by atoms with Crippen molar-refractivity contribution in [3.8, 4) is 0 Å². The van der Waals surface area contributed by atoms with Gasteiger partial charge in [-0.15, -0.1) is 0 Å². The van der Waals surface area contributed by atoms with Gasteiger partial charge in [-0.25, -0.2) is 4.79 Å². The number of nitrogens with one attached hydrogen (secondary N) is 1. The largest absolute Gasteiger partial charge is 0.490 e. The second kappa shape index (κ2) is 6.77. The highest BCUT2D eigenvalue weighted by Crippen LogP contribution is 2.21. The van der Waals surface area contributed by atoms with Crippen molar-refractivity contribution in [1.29, 1.82) is 0 Å². The van der Waals surface area contributed by atoms with Crippen LogP contribution in [0, 0.1) is 0 Å². The van der Waals surface area contributed by atoms with E-state index in [-0.39, 0.29) is 0 Å². The van der Waals surface area contributed by atoms with Crippen LogP contribution in [0.4, 0.5) is 13.2 Å². The minimum atomic E-state index is -5.08. The maximum absolute atomic E-state index is 10.6. The van der Waals surface area contributed by atoms with Crippen LogP contribution in [-0.4, -0.2) is 23.3 Å². The summed E-state index contributed by atoms with van der Waals surface area (Å²) in [5.41, 5.74) is 1.20. The van der Waals surface area contributed by atoms with E-state index in [0.29, 0.717) is 0 Å². The summed E-state index contributed by atoms with van der Waals surface area (Å²) >= 11 is 5.99. The summed E-state index contributed by atoms with van der Waals surface area (Å²) in [6.45, 7) is 0.907. The highest BCUT2D eigenvalue weighted by Gasteiger charge is 2.38. The zero-order chi connectivity index (χ0) is 14.5. The van der Waals surface area contributed by atoms with Gasteiger partial charge in [0, 0.05) is 17.6 Å². The van der Waals surface area contributed by atoms with Gasteiger partial charge in [0.1, 0.15) is 0 Å². The molecule has 1 aromatic carbocycles. The van der Waals surface area contributed by atoms with Crippen LogP contribution >= 0.6 is 11.6 Å². The molecule has 2 rings (SSSR count). The summed E-state index contributed by atoms with van der Waals surface area (Å²) in [6.07, 6.45) is -2.44. The van der Waals surface area contributed by atoms with Gasteiger partial charge in [0.25, 0.3) is 0 Å². The third kappa shape index (κ3) is 6.45. The summed E-state index contributed by atoms with van der Waals surface area (Å²) in [4.78, 5) is 8.90. The normalized spacial score (nSPS) is 14.5. The molecule has 0 spiro atoms. The van der Waals surface area contributed by atoms with Crippen LogP contribution in [-0.2, 0) is 11.3 Å². The van der Waals surface area contributed by atoms with Crippen molar-refractivity contribution in [2.24, 2.45) is 0 Å². The lowest BCUT2D eigenvalue weighted by atomic mass is 10.2. The first kappa shape index (κ1) is 15.8. The minimum Gasteiger partial charge on any atom is -0.475 e. The SMILES string of the molecule is Clc1ccccc1CNC1CC1.O=C(O)C(F)(F)F. The number of alkyl halides is 3. The molecular weight excluding hydrogens is 283 g/mol. The highest BCUT2D eigenvalue weighted by molar-refractivity contribution is 6.31. The average Bonchev–Trinajstić information content (AvgIpc) is 3.11. The number of halogens is 4. The average molecular weight is 296 g/mol. The van der Waals surface area contributed by atoms with Gasteiger partial charge in [-0.2, -0.15) is 13.2 Å². The fraction of sp³-hybridized carbons (Fsp3) is 0.417. The Bertz CT molecular complexity index is 433. The van der Waals surface area contributed by atoms with Crippen molar-refractivity contribution in [1.82, 2.24) is 5.32 Å². The molecule has 2 N–H and O–H groups in total. The van der Waals surface area contributed by atoms with Crippen molar-refractivity contribution in [3.63, 3.8) is 0 Å². The molecule has 0 atom stereocenters. The molecule has 106 valence electrons. The molecule has 1 fully saturated rings. The molecule has 0 bridgehead atoms. The maximum atomic E-state index is 10.6. The molecular formula is C12H13ClF3NO2. The van der Waals surface area contributed by atoms with Crippen LogP contribution in [0.5, 0.6) is 0 Å². The summed E-state index contributed by atoms with van der Waals surface area (Å²) in [5.74, 6) is -2.76. The van der Waals surface area contributed by atoms with Gasteiger partial charge in [-0.05, 0) is 24.5 Å². The van der Waals surface area contributed by atoms with Crippen LogP contribution < -0.4 is 5.32 Å². The topological polar surface area (TPSA) is 49.3 Å². The number of carboxylic acids is 1. The molecule has 0 saturated heterocycles. The molecule has 19 heavy (non-hydrogen) atoms. The molecule has 3 nitrogen and oxygen atoms in total. The maximum Gasteiger partial charge on any atom is 0.490 e. The molecule has 0 amide bonds. The Morgan fingerprint density at radius 3 is 2.32 bits per heavy atom. The molecule has 1 aliphatic rings. The third-order valence-corrected chi connectivity index (χ3v) is 2.73. The summed E-state index contributed by atoms with van der Waals surface area (Å²) in [5, 5.41) is 11.4. The van der Waals surface area contributed by atoms with Crippen LogP contribution in [0.3, 0.4) is 0 Å². The molecule has 0 heterocycles. The quantitative estimate of drug-likeness (QED) is 0.900.